The monoisotopic (exact) mass is 275 g/mol. The van der Waals surface area contributed by atoms with Crippen LogP contribution in [-0.4, -0.2) is 41.6 Å². The number of hydrogen-bond donors (Lipinski definition) is 1. The molecular formula is C14H17N3O3. The zero-order chi connectivity index (χ0) is 14.1. The maximum atomic E-state index is 11.5. The smallest absolute Gasteiger partial charge is 0.234 e. The van der Waals surface area contributed by atoms with E-state index in [-0.39, 0.29) is 18.1 Å². The Balaban J connectivity index is 1.80. The Morgan fingerprint density at radius 3 is 3.05 bits per heavy atom. The maximum absolute atomic E-state index is 11.5. The van der Waals surface area contributed by atoms with Gasteiger partial charge in [0.25, 0.3) is 0 Å². The first-order chi connectivity index (χ1) is 9.67. The third kappa shape index (κ3) is 2.39. The summed E-state index contributed by atoms with van der Waals surface area (Å²) >= 11 is 0. The molecule has 3 rings (SSSR count). The first-order valence-corrected chi connectivity index (χ1v) is 6.58. The fraction of sp³-hybridized carbons (Fsp3) is 0.429. The second kappa shape index (κ2) is 5.22. The Hall–Kier alpha value is -1.92. The quantitative estimate of drug-likeness (QED) is 0.896. The van der Waals surface area contributed by atoms with Gasteiger partial charge in [0.15, 0.2) is 5.58 Å². The number of fused-ring (bicyclic) bond motifs is 1. The van der Waals surface area contributed by atoms with Gasteiger partial charge in [-0.1, -0.05) is 12.1 Å². The molecule has 1 aromatic heterocycles. The Morgan fingerprint density at radius 1 is 1.55 bits per heavy atom. The summed E-state index contributed by atoms with van der Waals surface area (Å²) in [5, 5.41) is 0. The summed E-state index contributed by atoms with van der Waals surface area (Å²) in [7, 11) is 1.64. The zero-order valence-electron chi connectivity index (χ0n) is 11.3. The predicted molar refractivity (Wildman–Crippen MR) is 72.8 cm³/mol. The van der Waals surface area contributed by atoms with Crippen molar-refractivity contribution in [1.82, 2.24) is 9.88 Å². The van der Waals surface area contributed by atoms with Crippen LogP contribution in [0.15, 0.2) is 28.7 Å². The number of carbonyl (C=O) groups is 1. The molecule has 2 atom stereocenters. The van der Waals surface area contributed by atoms with E-state index in [0.717, 1.165) is 11.1 Å². The highest BCUT2D eigenvalue weighted by molar-refractivity contribution is 5.80. The second-order valence-corrected chi connectivity index (χ2v) is 5.02. The Labute approximate surface area is 116 Å². The standard InChI is InChI=1S/C14H17N3O3/c1-19-9-6-11(14(15)18)17(7-9)8-13-16-10-4-2-3-5-12(10)20-13/h2-5,9,11H,6-8H2,1H3,(H2,15,18)/t9-,11-/m0/s1. The molecule has 6 nitrogen and oxygen atoms in total. The highest BCUT2D eigenvalue weighted by Gasteiger charge is 2.36. The molecule has 20 heavy (non-hydrogen) atoms. The fourth-order valence-corrected chi connectivity index (χ4v) is 2.66. The van der Waals surface area contributed by atoms with Gasteiger partial charge in [-0.05, 0) is 18.6 Å². The van der Waals surface area contributed by atoms with Gasteiger partial charge >= 0.3 is 0 Å². The highest BCUT2D eigenvalue weighted by atomic mass is 16.5. The van der Waals surface area contributed by atoms with Gasteiger partial charge in [-0.3, -0.25) is 9.69 Å². The minimum absolute atomic E-state index is 0.0249. The lowest BCUT2D eigenvalue weighted by Gasteiger charge is -2.19. The molecule has 106 valence electrons. The topological polar surface area (TPSA) is 81.6 Å². The van der Waals surface area contributed by atoms with Crippen LogP contribution in [-0.2, 0) is 16.1 Å². The summed E-state index contributed by atoms with van der Waals surface area (Å²) in [6.07, 6.45) is 0.642. The summed E-state index contributed by atoms with van der Waals surface area (Å²) in [6, 6.07) is 7.27. The van der Waals surface area contributed by atoms with E-state index >= 15 is 0 Å². The molecule has 0 unspecified atom stereocenters. The van der Waals surface area contributed by atoms with E-state index in [4.69, 9.17) is 14.9 Å². The number of para-hydroxylation sites is 2. The number of methoxy groups -OCH3 is 1. The van der Waals surface area contributed by atoms with Crippen LogP contribution in [0.3, 0.4) is 0 Å². The highest BCUT2D eigenvalue weighted by Crippen LogP contribution is 2.23. The van der Waals surface area contributed by atoms with E-state index in [1.165, 1.54) is 0 Å². The number of carbonyl (C=O) groups excluding carboxylic acids is 1. The summed E-state index contributed by atoms with van der Waals surface area (Å²) in [4.78, 5) is 17.9. The molecular weight excluding hydrogens is 258 g/mol. The van der Waals surface area contributed by atoms with Crippen molar-refractivity contribution >= 4 is 17.0 Å². The molecule has 1 aliphatic heterocycles. The number of benzene rings is 1. The molecule has 1 amide bonds. The number of amides is 1. The van der Waals surface area contributed by atoms with Crippen LogP contribution in [0.1, 0.15) is 12.3 Å². The van der Waals surface area contributed by atoms with Crippen molar-refractivity contribution in [2.75, 3.05) is 13.7 Å². The molecule has 0 bridgehead atoms. The van der Waals surface area contributed by atoms with E-state index < -0.39 is 0 Å². The maximum Gasteiger partial charge on any atom is 0.234 e. The van der Waals surface area contributed by atoms with Crippen molar-refractivity contribution < 1.29 is 13.9 Å². The number of rotatable bonds is 4. The second-order valence-electron chi connectivity index (χ2n) is 5.02. The number of nitrogens with zero attached hydrogens (tertiary/aromatic N) is 2. The van der Waals surface area contributed by atoms with Crippen LogP contribution in [0, 0.1) is 0 Å². The zero-order valence-corrected chi connectivity index (χ0v) is 11.3. The van der Waals surface area contributed by atoms with Crippen LogP contribution in [0.4, 0.5) is 0 Å². The fourth-order valence-electron chi connectivity index (χ4n) is 2.66. The van der Waals surface area contributed by atoms with Crippen LogP contribution in [0.2, 0.25) is 0 Å². The third-order valence-electron chi connectivity index (χ3n) is 3.70. The molecule has 1 saturated heterocycles. The number of nitrogens with two attached hydrogens (primary N) is 1. The van der Waals surface area contributed by atoms with Gasteiger partial charge in [0, 0.05) is 13.7 Å². The van der Waals surface area contributed by atoms with Crippen LogP contribution in [0.5, 0.6) is 0 Å². The number of primary amides is 1. The van der Waals surface area contributed by atoms with Crippen LogP contribution < -0.4 is 5.73 Å². The number of ether oxygens (including phenoxy) is 1. The molecule has 0 radical (unpaired) electrons. The first-order valence-electron chi connectivity index (χ1n) is 6.58. The molecule has 2 heterocycles. The minimum atomic E-state index is -0.333. The molecule has 1 fully saturated rings. The summed E-state index contributed by atoms with van der Waals surface area (Å²) in [5.74, 6) is 0.259. The average molecular weight is 275 g/mol. The van der Waals surface area contributed by atoms with Crippen molar-refractivity contribution in [3.05, 3.63) is 30.2 Å². The molecule has 1 aliphatic rings. The van der Waals surface area contributed by atoms with Crippen LogP contribution >= 0.6 is 0 Å². The van der Waals surface area contributed by atoms with E-state index in [9.17, 15) is 4.79 Å². The van der Waals surface area contributed by atoms with Crippen LogP contribution in [0.25, 0.3) is 11.1 Å². The SMILES string of the molecule is CO[C@H]1C[C@@H](C(N)=O)N(Cc2nc3ccccc3o2)C1. The van der Waals surface area contributed by atoms with E-state index in [2.05, 4.69) is 4.98 Å². The summed E-state index contributed by atoms with van der Waals surface area (Å²) < 4.78 is 11.0. The third-order valence-corrected chi connectivity index (χ3v) is 3.70. The molecule has 0 spiro atoms. The Kier molecular flexibility index (Phi) is 3.42. The lowest BCUT2D eigenvalue weighted by atomic mass is 10.2. The lowest BCUT2D eigenvalue weighted by molar-refractivity contribution is -0.122. The van der Waals surface area contributed by atoms with Gasteiger partial charge in [0.1, 0.15) is 5.52 Å². The van der Waals surface area contributed by atoms with Crippen molar-refractivity contribution in [2.24, 2.45) is 5.73 Å². The van der Waals surface area contributed by atoms with Crippen molar-refractivity contribution in [1.29, 1.82) is 0 Å². The van der Waals surface area contributed by atoms with Gasteiger partial charge in [0.05, 0.1) is 18.7 Å². The molecule has 2 aromatic rings. The normalized spacial score (nSPS) is 23.4. The Bertz CT molecular complexity index is 592. The summed E-state index contributed by atoms with van der Waals surface area (Å²) in [5.41, 5.74) is 7.02. The first kappa shape index (κ1) is 13.1. The van der Waals surface area contributed by atoms with Gasteiger partial charge in [-0.15, -0.1) is 0 Å². The molecule has 0 aliphatic carbocycles. The van der Waals surface area contributed by atoms with Crippen molar-refractivity contribution in [3.63, 3.8) is 0 Å². The predicted octanol–water partition coefficient (Wildman–Crippen LogP) is 0.902. The van der Waals surface area contributed by atoms with Gasteiger partial charge < -0.3 is 14.9 Å². The summed E-state index contributed by atoms with van der Waals surface area (Å²) in [6.45, 7) is 1.12. The molecule has 0 saturated carbocycles. The van der Waals surface area contributed by atoms with Gasteiger partial charge in [-0.25, -0.2) is 4.98 Å². The van der Waals surface area contributed by atoms with Crippen molar-refractivity contribution in [2.45, 2.75) is 25.1 Å². The number of hydrogen-bond acceptors (Lipinski definition) is 5. The lowest BCUT2D eigenvalue weighted by Crippen LogP contribution is -2.39. The largest absolute Gasteiger partial charge is 0.439 e. The average Bonchev–Trinajstić information content (AvgIpc) is 3.01. The van der Waals surface area contributed by atoms with Crippen molar-refractivity contribution in [3.8, 4) is 0 Å². The van der Waals surface area contributed by atoms with E-state index in [1.807, 2.05) is 29.2 Å². The van der Waals surface area contributed by atoms with Gasteiger partial charge in [-0.2, -0.15) is 0 Å². The van der Waals surface area contributed by atoms with E-state index in [1.54, 1.807) is 7.11 Å². The molecule has 6 heteroatoms. The number of likely N-dealkylation sites (tertiary alicyclic amines) is 1. The molecule has 2 N–H and O–H groups in total. The number of oxazole rings is 1. The minimum Gasteiger partial charge on any atom is -0.439 e. The van der Waals surface area contributed by atoms with Gasteiger partial charge in [0.2, 0.25) is 11.8 Å². The Morgan fingerprint density at radius 2 is 2.35 bits per heavy atom. The van der Waals surface area contributed by atoms with E-state index in [0.29, 0.717) is 25.4 Å². The number of aromatic nitrogens is 1. The molecule has 1 aromatic carbocycles.